The molecular formula is C18H17Cl2N3O4S. The van der Waals surface area contributed by atoms with E-state index in [9.17, 15) is 4.79 Å². The minimum absolute atomic E-state index is 0.193. The lowest BCUT2D eigenvalue weighted by atomic mass is 10.2. The molecule has 1 atom stereocenters. The summed E-state index contributed by atoms with van der Waals surface area (Å²) in [6.07, 6.45) is -0.833. The summed E-state index contributed by atoms with van der Waals surface area (Å²) in [4.78, 5) is 12.2. The maximum Gasteiger partial charge on any atom is 0.279 e. The van der Waals surface area contributed by atoms with Crippen molar-refractivity contribution in [2.75, 3.05) is 18.5 Å². The van der Waals surface area contributed by atoms with Crippen LogP contribution in [0.5, 0.6) is 17.2 Å². The first-order valence-corrected chi connectivity index (χ1v) is 9.47. The number of hydrazine groups is 1. The highest BCUT2D eigenvalue weighted by Crippen LogP contribution is 2.32. The lowest BCUT2D eigenvalue weighted by molar-refractivity contribution is -0.127. The van der Waals surface area contributed by atoms with Crippen LogP contribution < -0.4 is 30.4 Å². The summed E-state index contributed by atoms with van der Waals surface area (Å²) < 4.78 is 16.5. The van der Waals surface area contributed by atoms with Gasteiger partial charge in [0.1, 0.15) is 19.0 Å². The number of carbonyl (C=O) groups is 1. The van der Waals surface area contributed by atoms with E-state index in [2.05, 4.69) is 16.2 Å². The molecule has 0 aliphatic carbocycles. The van der Waals surface area contributed by atoms with E-state index < -0.39 is 12.0 Å². The van der Waals surface area contributed by atoms with Crippen LogP contribution >= 0.6 is 35.4 Å². The summed E-state index contributed by atoms with van der Waals surface area (Å²) in [6, 6.07) is 10.1. The summed E-state index contributed by atoms with van der Waals surface area (Å²) in [5.74, 6) is 1.18. The Morgan fingerprint density at radius 1 is 1.11 bits per heavy atom. The summed E-state index contributed by atoms with van der Waals surface area (Å²) in [6.45, 7) is 2.59. The Balaban J connectivity index is 1.49. The van der Waals surface area contributed by atoms with Crippen LogP contribution in [0.3, 0.4) is 0 Å². The molecule has 3 N–H and O–H groups in total. The summed E-state index contributed by atoms with van der Waals surface area (Å²) in [7, 11) is 0. The molecule has 1 aliphatic rings. The van der Waals surface area contributed by atoms with Crippen molar-refractivity contribution < 1.29 is 19.0 Å². The van der Waals surface area contributed by atoms with Gasteiger partial charge in [-0.05, 0) is 43.4 Å². The molecule has 2 aromatic carbocycles. The van der Waals surface area contributed by atoms with E-state index in [1.54, 1.807) is 37.3 Å². The van der Waals surface area contributed by atoms with Gasteiger partial charge in [0.25, 0.3) is 5.91 Å². The number of hydrogen-bond donors (Lipinski definition) is 3. The van der Waals surface area contributed by atoms with E-state index >= 15 is 0 Å². The van der Waals surface area contributed by atoms with E-state index in [1.165, 1.54) is 6.07 Å². The van der Waals surface area contributed by atoms with Gasteiger partial charge in [0.15, 0.2) is 22.7 Å². The van der Waals surface area contributed by atoms with E-state index in [0.717, 1.165) is 0 Å². The van der Waals surface area contributed by atoms with Crippen molar-refractivity contribution in [3.63, 3.8) is 0 Å². The summed E-state index contributed by atoms with van der Waals surface area (Å²) >= 11 is 17.1. The molecular weight excluding hydrogens is 425 g/mol. The molecule has 0 aromatic heterocycles. The van der Waals surface area contributed by atoms with Crippen molar-refractivity contribution >= 4 is 52.1 Å². The van der Waals surface area contributed by atoms with Crippen molar-refractivity contribution in [2.45, 2.75) is 13.0 Å². The minimum Gasteiger partial charge on any atom is -0.486 e. The molecule has 0 saturated carbocycles. The molecule has 1 amide bonds. The van der Waals surface area contributed by atoms with E-state index in [1.807, 2.05) is 0 Å². The molecule has 1 aliphatic heterocycles. The number of fused-ring (bicyclic) bond motifs is 1. The molecule has 0 bridgehead atoms. The fourth-order valence-electron chi connectivity index (χ4n) is 2.31. The average molecular weight is 442 g/mol. The first-order valence-electron chi connectivity index (χ1n) is 8.30. The zero-order chi connectivity index (χ0) is 20.1. The van der Waals surface area contributed by atoms with Gasteiger partial charge in [-0.3, -0.25) is 15.6 Å². The number of carbonyl (C=O) groups excluding carboxylic acids is 1. The van der Waals surface area contributed by atoms with Crippen LogP contribution in [0.4, 0.5) is 5.69 Å². The van der Waals surface area contributed by atoms with Gasteiger partial charge in [0.05, 0.1) is 5.02 Å². The van der Waals surface area contributed by atoms with E-state index in [-0.39, 0.29) is 5.11 Å². The maximum absolute atomic E-state index is 12.2. The molecule has 0 spiro atoms. The first-order chi connectivity index (χ1) is 13.4. The zero-order valence-electron chi connectivity index (χ0n) is 14.8. The Morgan fingerprint density at radius 3 is 2.64 bits per heavy atom. The third-order valence-electron chi connectivity index (χ3n) is 3.67. The highest BCUT2D eigenvalue weighted by Gasteiger charge is 2.17. The van der Waals surface area contributed by atoms with Crippen LogP contribution in [0.2, 0.25) is 10.0 Å². The van der Waals surface area contributed by atoms with Crippen LogP contribution in [-0.2, 0) is 4.79 Å². The SMILES string of the molecule is C[C@@H](Oc1cc(Cl)ccc1Cl)C(=O)NNC(=S)Nc1ccc2c(c1)OCCO2. The second kappa shape index (κ2) is 9.18. The smallest absolute Gasteiger partial charge is 0.279 e. The first kappa shape index (κ1) is 20.3. The van der Waals surface area contributed by atoms with Gasteiger partial charge in [0, 0.05) is 22.8 Å². The number of hydrogen-bond acceptors (Lipinski definition) is 5. The van der Waals surface area contributed by atoms with Crippen LogP contribution in [-0.4, -0.2) is 30.3 Å². The van der Waals surface area contributed by atoms with Crippen molar-refractivity contribution in [3.8, 4) is 17.2 Å². The van der Waals surface area contributed by atoms with E-state index in [4.69, 9.17) is 49.6 Å². The second-order valence-electron chi connectivity index (χ2n) is 5.76. The predicted molar refractivity (Wildman–Crippen MR) is 111 cm³/mol. The molecule has 1 heterocycles. The monoisotopic (exact) mass is 441 g/mol. The zero-order valence-corrected chi connectivity index (χ0v) is 17.1. The molecule has 2 aromatic rings. The van der Waals surface area contributed by atoms with Crippen LogP contribution in [0.15, 0.2) is 36.4 Å². The minimum atomic E-state index is -0.833. The van der Waals surface area contributed by atoms with Crippen molar-refractivity contribution in [2.24, 2.45) is 0 Å². The Bertz CT molecular complexity index is 897. The molecule has 0 saturated heterocycles. The van der Waals surface area contributed by atoms with Crippen molar-refractivity contribution in [1.82, 2.24) is 10.9 Å². The van der Waals surface area contributed by atoms with Gasteiger partial charge in [-0.25, -0.2) is 0 Å². The molecule has 148 valence electrons. The van der Waals surface area contributed by atoms with Crippen molar-refractivity contribution in [3.05, 3.63) is 46.4 Å². The van der Waals surface area contributed by atoms with Gasteiger partial charge in [-0.15, -0.1) is 0 Å². The summed E-state index contributed by atoms with van der Waals surface area (Å²) in [5.41, 5.74) is 5.77. The number of nitrogens with one attached hydrogen (secondary N) is 3. The highest BCUT2D eigenvalue weighted by molar-refractivity contribution is 7.80. The van der Waals surface area contributed by atoms with Crippen molar-refractivity contribution in [1.29, 1.82) is 0 Å². The Labute approximate surface area is 177 Å². The van der Waals surface area contributed by atoms with Gasteiger partial charge in [-0.2, -0.15) is 0 Å². The number of benzene rings is 2. The lowest BCUT2D eigenvalue weighted by Crippen LogP contribution is -2.48. The number of thiocarbonyl (C=S) groups is 1. The standard InChI is InChI=1S/C18H17Cl2N3O4S/c1-10(27-15-8-11(19)2-4-13(15)20)17(24)22-23-18(28)21-12-3-5-14-16(9-12)26-7-6-25-14/h2-5,8-10H,6-7H2,1H3,(H,22,24)(H2,21,23,28)/t10-/m1/s1. The third-order valence-corrected chi connectivity index (χ3v) is 4.42. The fourth-order valence-corrected chi connectivity index (χ4v) is 2.81. The quantitative estimate of drug-likeness (QED) is 0.494. The fraction of sp³-hybridized carbons (Fsp3) is 0.222. The Morgan fingerprint density at radius 2 is 1.86 bits per heavy atom. The molecule has 0 radical (unpaired) electrons. The van der Waals surface area contributed by atoms with Crippen LogP contribution in [0, 0.1) is 0 Å². The van der Waals surface area contributed by atoms with Gasteiger partial charge in [-0.1, -0.05) is 23.2 Å². The largest absolute Gasteiger partial charge is 0.486 e. The Kier molecular flexibility index (Phi) is 6.66. The topological polar surface area (TPSA) is 80.9 Å². The summed E-state index contributed by atoms with van der Waals surface area (Å²) in [5, 5.41) is 3.94. The van der Waals surface area contributed by atoms with Gasteiger partial charge >= 0.3 is 0 Å². The normalized spacial score (nSPS) is 13.2. The third kappa shape index (κ3) is 5.31. The predicted octanol–water partition coefficient (Wildman–Crippen LogP) is 3.55. The van der Waals surface area contributed by atoms with Gasteiger partial charge < -0.3 is 19.5 Å². The Hall–Kier alpha value is -2.42. The molecule has 3 rings (SSSR count). The molecule has 7 nitrogen and oxygen atoms in total. The number of ether oxygens (including phenoxy) is 3. The van der Waals surface area contributed by atoms with Gasteiger partial charge in [0.2, 0.25) is 0 Å². The number of amides is 1. The maximum atomic E-state index is 12.2. The van der Waals surface area contributed by atoms with Crippen LogP contribution in [0.1, 0.15) is 6.92 Å². The van der Waals surface area contributed by atoms with E-state index in [0.29, 0.717) is 46.2 Å². The lowest BCUT2D eigenvalue weighted by Gasteiger charge is -2.20. The number of anilines is 1. The molecule has 0 fully saturated rings. The number of rotatable bonds is 4. The highest BCUT2D eigenvalue weighted by atomic mass is 35.5. The molecule has 28 heavy (non-hydrogen) atoms. The second-order valence-corrected chi connectivity index (χ2v) is 7.01. The average Bonchev–Trinajstić information content (AvgIpc) is 2.68. The van der Waals surface area contributed by atoms with Crippen LogP contribution in [0.25, 0.3) is 0 Å². The molecule has 0 unspecified atom stereocenters. The molecule has 10 heteroatoms. The number of halogens is 2.